The molecule has 4 heteroatoms. The van der Waals surface area contributed by atoms with Gasteiger partial charge in [-0.05, 0) is 36.8 Å². The first-order valence-electron chi connectivity index (χ1n) is 8.18. The van der Waals surface area contributed by atoms with Gasteiger partial charge in [0.05, 0.1) is 18.7 Å². The van der Waals surface area contributed by atoms with E-state index in [0.717, 1.165) is 43.4 Å². The summed E-state index contributed by atoms with van der Waals surface area (Å²) in [7, 11) is 1.62. The van der Waals surface area contributed by atoms with Gasteiger partial charge >= 0.3 is 5.97 Å². The highest BCUT2D eigenvalue weighted by molar-refractivity contribution is 5.75. The Hall–Kier alpha value is -2.07. The number of allylic oxidation sites excluding steroid dienone is 3. The molecule has 0 aliphatic heterocycles. The number of benzene rings is 1. The second-order valence-electron chi connectivity index (χ2n) is 5.79. The van der Waals surface area contributed by atoms with Crippen LogP contribution in [0.5, 0.6) is 0 Å². The lowest BCUT2D eigenvalue weighted by Crippen LogP contribution is -2.12. The van der Waals surface area contributed by atoms with Crippen LogP contribution >= 0.6 is 0 Å². The maximum Gasteiger partial charge on any atom is 0.310 e. The number of hydrogen-bond acceptors (Lipinski definition) is 3. The Kier molecular flexibility index (Phi) is 6.88. The Morgan fingerprint density at radius 2 is 2.00 bits per heavy atom. The molecule has 1 aromatic carbocycles. The summed E-state index contributed by atoms with van der Waals surface area (Å²) < 4.78 is 0. The molecule has 1 aliphatic rings. The fraction of sp³-hybridized carbons (Fsp3) is 0.421. The Bertz CT molecular complexity index is 563. The average Bonchev–Trinajstić information content (AvgIpc) is 2.99. The number of aliphatic carboxylic acids is 1. The summed E-state index contributed by atoms with van der Waals surface area (Å²) in [5, 5.41) is 9.41. The van der Waals surface area contributed by atoms with E-state index in [4.69, 9.17) is 4.84 Å². The molecule has 4 nitrogen and oxygen atoms in total. The first kappa shape index (κ1) is 17.3. The third-order valence-corrected chi connectivity index (χ3v) is 4.18. The second kappa shape index (κ2) is 9.16. The third kappa shape index (κ3) is 5.25. The van der Waals surface area contributed by atoms with E-state index in [1.54, 1.807) is 7.11 Å². The number of unbranched alkanes of at least 4 members (excludes halogenated alkanes) is 2. The SMILES string of the molecule is CONC1=CCC=C1CCCCCC(C(=O)O)c1ccccc1. The number of carboxylic acid groups (broad SMARTS) is 1. The smallest absolute Gasteiger partial charge is 0.310 e. The summed E-state index contributed by atoms with van der Waals surface area (Å²) in [5.41, 5.74) is 6.17. The topological polar surface area (TPSA) is 58.6 Å². The molecule has 124 valence electrons. The number of hydrogen-bond donors (Lipinski definition) is 2. The van der Waals surface area contributed by atoms with Gasteiger partial charge in [-0.15, -0.1) is 0 Å². The van der Waals surface area contributed by atoms with Crippen LogP contribution in [0.1, 0.15) is 50.0 Å². The molecule has 0 spiro atoms. The molecule has 2 N–H and O–H groups in total. The van der Waals surface area contributed by atoms with Crippen LogP contribution in [0.2, 0.25) is 0 Å². The van der Waals surface area contributed by atoms with Crippen LogP contribution in [-0.2, 0) is 9.63 Å². The number of carboxylic acids is 1. The zero-order chi connectivity index (χ0) is 16.5. The normalized spacial score (nSPS) is 15.0. The van der Waals surface area contributed by atoms with Crippen molar-refractivity contribution in [2.24, 2.45) is 0 Å². The van der Waals surface area contributed by atoms with Crippen molar-refractivity contribution in [3.63, 3.8) is 0 Å². The second-order valence-corrected chi connectivity index (χ2v) is 5.79. The van der Waals surface area contributed by atoms with Gasteiger partial charge in [0.2, 0.25) is 0 Å². The van der Waals surface area contributed by atoms with Gasteiger partial charge in [-0.3, -0.25) is 15.1 Å². The zero-order valence-corrected chi connectivity index (χ0v) is 13.6. The average molecular weight is 315 g/mol. The number of carbonyl (C=O) groups is 1. The molecular weight excluding hydrogens is 290 g/mol. The monoisotopic (exact) mass is 315 g/mol. The van der Waals surface area contributed by atoms with E-state index in [1.807, 2.05) is 30.3 Å². The molecule has 23 heavy (non-hydrogen) atoms. The Labute approximate surface area is 137 Å². The molecule has 0 heterocycles. The maximum atomic E-state index is 11.4. The molecule has 1 aliphatic carbocycles. The largest absolute Gasteiger partial charge is 0.481 e. The fourth-order valence-corrected chi connectivity index (χ4v) is 2.97. The van der Waals surface area contributed by atoms with Crippen molar-refractivity contribution < 1.29 is 14.7 Å². The lowest BCUT2D eigenvalue weighted by Gasteiger charge is -2.13. The first-order valence-corrected chi connectivity index (χ1v) is 8.18. The van der Waals surface area contributed by atoms with Gasteiger partial charge in [-0.1, -0.05) is 55.3 Å². The van der Waals surface area contributed by atoms with Crippen molar-refractivity contribution in [2.45, 2.75) is 44.4 Å². The summed E-state index contributed by atoms with van der Waals surface area (Å²) in [5.74, 6) is -1.13. The molecule has 0 saturated carbocycles. The van der Waals surface area contributed by atoms with Crippen LogP contribution in [0.15, 0.2) is 53.8 Å². The van der Waals surface area contributed by atoms with E-state index in [1.165, 1.54) is 5.57 Å². The van der Waals surface area contributed by atoms with Gasteiger partial charge in [0.15, 0.2) is 0 Å². The predicted molar refractivity (Wildman–Crippen MR) is 90.8 cm³/mol. The van der Waals surface area contributed by atoms with Gasteiger partial charge in [0, 0.05) is 0 Å². The number of rotatable bonds is 10. The summed E-state index contributed by atoms with van der Waals surface area (Å²) in [6, 6.07) is 9.51. The molecule has 1 unspecified atom stereocenters. The summed E-state index contributed by atoms with van der Waals surface area (Å²) >= 11 is 0. The minimum absolute atomic E-state index is 0.396. The Balaban J connectivity index is 1.72. The van der Waals surface area contributed by atoms with Gasteiger partial charge in [-0.2, -0.15) is 0 Å². The van der Waals surface area contributed by atoms with E-state index in [9.17, 15) is 9.90 Å². The van der Waals surface area contributed by atoms with Gasteiger partial charge < -0.3 is 5.11 Å². The highest BCUT2D eigenvalue weighted by atomic mass is 16.6. The molecule has 0 fully saturated rings. The molecule has 0 radical (unpaired) electrons. The molecule has 0 bridgehead atoms. The van der Waals surface area contributed by atoms with E-state index < -0.39 is 11.9 Å². The Morgan fingerprint density at radius 1 is 1.22 bits per heavy atom. The molecule has 0 saturated heterocycles. The van der Waals surface area contributed by atoms with Crippen LogP contribution in [0.25, 0.3) is 0 Å². The van der Waals surface area contributed by atoms with Crippen molar-refractivity contribution >= 4 is 5.97 Å². The molecular formula is C19H25NO3. The molecule has 0 amide bonds. The Morgan fingerprint density at radius 3 is 2.70 bits per heavy atom. The minimum Gasteiger partial charge on any atom is -0.481 e. The van der Waals surface area contributed by atoms with Crippen LogP contribution in [0.4, 0.5) is 0 Å². The van der Waals surface area contributed by atoms with Crippen molar-refractivity contribution in [3.8, 4) is 0 Å². The minimum atomic E-state index is -0.732. The van der Waals surface area contributed by atoms with Crippen LogP contribution in [0, 0.1) is 0 Å². The summed E-state index contributed by atoms with van der Waals surface area (Å²) in [4.78, 5) is 16.4. The first-order chi connectivity index (χ1) is 11.2. The van der Waals surface area contributed by atoms with E-state index >= 15 is 0 Å². The van der Waals surface area contributed by atoms with Crippen molar-refractivity contribution in [2.75, 3.05) is 7.11 Å². The molecule has 0 aromatic heterocycles. The van der Waals surface area contributed by atoms with Crippen molar-refractivity contribution in [1.29, 1.82) is 0 Å². The number of hydroxylamine groups is 1. The highest BCUT2D eigenvalue weighted by Gasteiger charge is 2.18. The van der Waals surface area contributed by atoms with Crippen molar-refractivity contribution in [3.05, 3.63) is 59.3 Å². The summed E-state index contributed by atoms with van der Waals surface area (Å²) in [6.45, 7) is 0. The molecule has 1 aromatic rings. The molecule has 2 rings (SSSR count). The highest BCUT2D eigenvalue weighted by Crippen LogP contribution is 2.25. The van der Waals surface area contributed by atoms with Gasteiger partial charge in [0.25, 0.3) is 0 Å². The lowest BCUT2D eigenvalue weighted by atomic mass is 9.93. The predicted octanol–water partition coefficient (Wildman–Crippen LogP) is 4.17. The quantitative estimate of drug-likeness (QED) is 0.502. The van der Waals surface area contributed by atoms with Crippen LogP contribution in [0.3, 0.4) is 0 Å². The van der Waals surface area contributed by atoms with Crippen LogP contribution < -0.4 is 5.48 Å². The van der Waals surface area contributed by atoms with E-state index in [-0.39, 0.29) is 0 Å². The van der Waals surface area contributed by atoms with E-state index in [2.05, 4.69) is 17.6 Å². The fourth-order valence-electron chi connectivity index (χ4n) is 2.97. The summed E-state index contributed by atoms with van der Waals surface area (Å²) in [6.07, 6.45) is 10.0. The van der Waals surface area contributed by atoms with Gasteiger partial charge in [0.1, 0.15) is 0 Å². The van der Waals surface area contributed by atoms with Crippen molar-refractivity contribution in [1.82, 2.24) is 5.48 Å². The maximum absolute atomic E-state index is 11.4. The lowest BCUT2D eigenvalue weighted by molar-refractivity contribution is -0.139. The van der Waals surface area contributed by atoms with E-state index in [0.29, 0.717) is 6.42 Å². The van der Waals surface area contributed by atoms with Gasteiger partial charge in [-0.25, -0.2) is 0 Å². The zero-order valence-electron chi connectivity index (χ0n) is 13.6. The van der Waals surface area contributed by atoms with Crippen LogP contribution in [-0.4, -0.2) is 18.2 Å². The third-order valence-electron chi connectivity index (χ3n) is 4.18. The molecule has 1 atom stereocenters. The standard InChI is InChI=1S/C19H25NO3/c1-23-20-18-14-8-12-16(18)11-6-3-7-13-17(19(21)22)15-9-4-2-5-10-15/h2,4-5,9-10,12,14,17,20H,3,6-8,11,13H2,1H3,(H,21,22). The number of nitrogens with one attached hydrogen (secondary N) is 1.